The minimum Gasteiger partial charge on any atom is -0.457 e. The smallest absolute Gasteiger partial charge is 0.129 e. The van der Waals surface area contributed by atoms with Crippen molar-refractivity contribution in [1.29, 1.82) is 0 Å². The fraction of sp³-hybridized carbons (Fsp3) is 0. The lowest BCUT2D eigenvalue weighted by Crippen LogP contribution is -1.95. The lowest BCUT2D eigenvalue weighted by molar-refractivity contribution is 0.482. The van der Waals surface area contributed by atoms with Crippen LogP contribution >= 0.6 is 0 Å². The highest BCUT2D eigenvalue weighted by Crippen LogP contribution is 2.29. The summed E-state index contributed by atoms with van der Waals surface area (Å²) >= 11 is 0. The van der Waals surface area contributed by atoms with Gasteiger partial charge in [-0.2, -0.15) is 0 Å². The van der Waals surface area contributed by atoms with Crippen molar-refractivity contribution < 1.29 is 9.13 Å². The van der Waals surface area contributed by atoms with E-state index in [0.717, 1.165) is 39.6 Å². The summed E-state index contributed by atoms with van der Waals surface area (Å²) in [5.41, 5.74) is 4.79. The fourth-order valence-corrected chi connectivity index (χ4v) is 3.98. The number of rotatable bonds is 6. The average Bonchev–Trinajstić information content (AvgIpc) is 3.41. The van der Waals surface area contributed by atoms with Crippen LogP contribution in [0.1, 0.15) is 0 Å². The molecule has 6 aromatic rings. The minimum atomic E-state index is -0.304. The Bertz CT molecular complexity index is 1670. The summed E-state index contributed by atoms with van der Waals surface area (Å²) in [5, 5.41) is 12.8. The molecule has 0 aliphatic heterocycles. The molecule has 0 amide bonds. The second kappa shape index (κ2) is 9.31. The molecule has 0 aliphatic carbocycles. The Morgan fingerprint density at radius 3 is 2.56 bits per heavy atom. The number of aromatic nitrogens is 4. The molecule has 6 nitrogen and oxygen atoms in total. The standard InChI is InChI=1S/C29H20FN5O/c30-21-12-13-27-26(17-21)28(14-15-31-27)32-22-7-4-6-20(16-22)29-19-35(34-33-29)23-8-5-11-25(18-23)36-24-9-2-1-3-10-24/h1-19H,(H,31,32). The summed E-state index contributed by atoms with van der Waals surface area (Å²) in [6.07, 6.45) is 3.57. The van der Waals surface area contributed by atoms with E-state index in [9.17, 15) is 4.39 Å². The maximum absolute atomic E-state index is 13.8. The van der Waals surface area contributed by atoms with Crippen LogP contribution < -0.4 is 10.1 Å². The fourth-order valence-electron chi connectivity index (χ4n) is 3.98. The van der Waals surface area contributed by atoms with Crippen LogP contribution in [-0.2, 0) is 0 Å². The number of nitrogens with one attached hydrogen (secondary N) is 1. The number of nitrogens with zero attached hydrogens (tertiary/aromatic N) is 4. The zero-order valence-corrected chi connectivity index (χ0v) is 19.0. The number of fused-ring (bicyclic) bond motifs is 1. The van der Waals surface area contributed by atoms with Crippen LogP contribution in [0.25, 0.3) is 27.8 Å². The predicted molar refractivity (Wildman–Crippen MR) is 138 cm³/mol. The lowest BCUT2D eigenvalue weighted by Gasteiger charge is -2.10. The Morgan fingerprint density at radius 2 is 1.64 bits per heavy atom. The van der Waals surface area contributed by atoms with Gasteiger partial charge in [0.25, 0.3) is 0 Å². The molecule has 36 heavy (non-hydrogen) atoms. The molecule has 0 saturated heterocycles. The Labute approximate surface area is 206 Å². The molecule has 0 radical (unpaired) electrons. The zero-order chi connectivity index (χ0) is 24.3. The first-order valence-corrected chi connectivity index (χ1v) is 11.4. The van der Waals surface area contributed by atoms with Crippen molar-refractivity contribution in [1.82, 2.24) is 20.0 Å². The second-order valence-corrected chi connectivity index (χ2v) is 8.19. The Balaban J connectivity index is 1.25. The van der Waals surface area contributed by atoms with Crippen LogP contribution in [0.5, 0.6) is 11.5 Å². The first-order chi connectivity index (χ1) is 17.7. The largest absolute Gasteiger partial charge is 0.457 e. The summed E-state index contributed by atoms with van der Waals surface area (Å²) < 4.78 is 21.5. The third kappa shape index (κ3) is 4.50. The van der Waals surface area contributed by atoms with Gasteiger partial charge in [0, 0.05) is 34.6 Å². The molecular formula is C29H20FN5O. The quantitative estimate of drug-likeness (QED) is 0.278. The Hall–Kier alpha value is -5.04. The summed E-state index contributed by atoms with van der Waals surface area (Å²) in [6.45, 7) is 0. The summed E-state index contributed by atoms with van der Waals surface area (Å²) in [7, 11) is 0. The first-order valence-electron chi connectivity index (χ1n) is 11.4. The molecule has 6 rings (SSSR count). The van der Waals surface area contributed by atoms with Crippen LogP contribution in [0, 0.1) is 5.82 Å². The topological polar surface area (TPSA) is 64.9 Å². The third-order valence-corrected chi connectivity index (χ3v) is 5.70. The van der Waals surface area contributed by atoms with Gasteiger partial charge in [0.2, 0.25) is 0 Å². The van der Waals surface area contributed by atoms with Gasteiger partial charge < -0.3 is 10.1 Å². The third-order valence-electron chi connectivity index (χ3n) is 5.70. The highest BCUT2D eigenvalue weighted by molar-refractivity contribution is 5.93. The van der Waals surface area contributed by atoms with E-state index in [0.29, 0.717) is 11.1 Å². The van der Waals surface area contributed by atoms with Gasteiger partial charge in [0.05, 0.1) is 17.4 Å². The highest BCUT2D eigenvalue weighted by Gasteiger charge is 2.09. The molecule has 0 bridgehead atoms. The van der Waals surface area contributed by atoms with Crippen LogP contribution in [0.15, 0.2) is 116 Å². The normalized spacial score (nSPS) is 10.9. The van der Waals surface area contributed by atoms with Gasteiger partial charge in [0.15, 0.2) is 0 Å². The summed E-state index contributed by atoms with van der Waals surface area (Å²) in [5.74, 6) is 1.17. The molecule has 0 unspecified atom stereocenters. The van der Waals surface area contributed by atoms with Crippen molar-refractivity contribution in [2.24, 2.45) is 0 Å². The number of ether oxygens (including phenoxy) is 1. The van der Waals surface area contributed by atoms with E-state index < -0.39 is 0 Å². The van der Waals surface area contributed by atoms with Crippen LogP contribution in [0.2, 0.25) is 0 Å². The molecular weight excluding hydrogens is 453 g/mol. The van der Waals surface area contributed by atoms with E-state index >= 15 is 0 Å². The molecule has 1 N–H and O–H groups in total. The average molecular weight is 474 g/mol. The zero-order valence-electron chi connectivity index (χ0n) is 19.0. The van der Waals surface area contributed by atoms with E-state index in [1.807, 2.05) is 91.1 Å². The number of hydrogen-bond acceptors (Lipinski definition) is 5. The van der Waals surface area contributed by atoms with Crippen molar-refractivity contribution in [3.63, 3.8) is 0 Å². The van der Waals surface area contributed by atoms with E-state index in [-0.39, 0.29) is 5.82 Å². The number of halogens is 1. The van der Waals surface area contributed by atoms with E-state index in [2.05, 4.69) is 20.6 Å². The summed E-state index contributed by atoms with van der Waals surface area (Å²) in [4.78, 5) is 4.31. The molecule has 0 saturated carbocycles. The maximum atomic E-state index is 13.8. The molecule has 4 aromatic carbocycles. The second-order valence-electron chi connectivity index (χ2n) is 8.19. The number of pyridine rings is 1. The van der Waals surface area contributed by atoms with Gasteiger partial charge in [0.1, 0.15) is 23.0 Å². The van der Waals surface area contributed by atoms with E-state index in [1.54, 1.807) is 16.9 Å². The van der Waals surface area contributed by atoms with E-state index in [4.69, 9.17) is 4.74 Å². The highest BCUT2D eigenvalue weighted by atomic mass is 19.1. The van der Waals surface area contributed by atoms with E-state index in [1.165, 1.54) is 12.1 Å². The van der Waals surface area contributed by atoms with Crippen LogP contribution in [0.3, 0.4) is 0 Å². The number of benzene rings is 4. The first kappa shape index (κ1) is 21.5. The Kier molecular flexibility index (Phi) is 5.56. The monoisotopic (exact) mass is 473 g/mol. The molecule has 174 valence electrons. The maximum Gasteiger partial charge on any atom is 0.129 e. The van der Waals surface area contributed by atoms with Crippen molar-refractivity contribution >= 4 is 22.3 Å². The van der Waals surface area contributed by atoms with Crippen LogP contribution in [0.4, 0.5) is 15.8 Å². The van der Waals surface area contributed by atoms with Crippen LogP contribution in [-0.4, -0.2) is 20.0 Å². The number of para-hydroxylation sites is 1. The van der Waals surface area contributed by atoms with Gasteiger partial charge in [-0.25, -0.2) is 9.07 Å². The molecule has 7 heteroatoms. The Morgan fingerprint density at radius 1 is 0.778 bits per heavy atom. The molecule has 0 spiro atoms. The predicted octanol–water partition coefficient (Wildman–Crippen LogP) is 7.16. The molecule has 0 fully saturated rings. The van der Waals surface area contributed by atoms with Crippen molar-refractivity contribution in [2.45, 2.75) is 0 Å². The van der Waals surface area contributed by atoms with Gasteiger partial charge in [-0.05, 0) is 60.7 Å². The number of hydrogen-bond donors (Lipinski definition) is 1. The number of anilines is 2. The summed E-state index contributed by atoms with van der Waals surface area (Å²) in [6, 6.07) is 31.5. The van der Waals surface area contributed by atoms with Gasteiger partial charge in [-0.15, -0.1) is 5.10 Å². The SMILES string of the molecule is Fc1ccc2nccc(Nc3cccc(-c4cn(-c5cccc(Oc6ccccc6)c5)nn4)c3)c2c1. The van der Waals surface area contributed by atoms with Crippen molar-refractivity contribution in [2.75, 3.05) is 5.32 Å². The molecule has 2 heterocycles. The molecule has 0 aliphatic rings. The van der Waals surface area contributed by atoms with Gasteiger partial charge >= 0.3 is 0 Å². The van der Waals surface area contributed by atoms with Crippen molar-refractivity contribution in [3.05, 3.63) is 121 Å². The van der Waals surface area contributed by atoms with Gasteiger partial charge in [-0.1, -0.05) is 41.6 Å². The van der Waals surface area contributed by atoms with Gasteiger partial charge in [-0.3, -0.25) is 4.98 Å². The molecule has 2 aromatic heterocycles. The lowest BCUT2D eigenvalue weighted by atomic mass is 10.1. The minimum absolute atomic E-state index is 0.304. The molecule has 0 atom stereocenters. The van der Waals surface area contributed by atoms with Crippen molar-refractivity contribution in [3.8, 4) is 28.4 Å².